The van der Waals surface area contributed by atoms with E-state index in [2.05, 4.69) is 20.2 Å². The minimum Gasteiger partial charge on any atom is -0.369 e. The van der Waals surface area contributed by atoms with E-state index in [4.69, 9.17) is 0 Å². The molecule has 2 aromatic rings. The van der Waals surface area contributed by atoms with Gasteiger partial charge in [-0.2, -0.15) is 5.10 Å². The number of carbonyl (C=O) groups excluding carboxylic acids is 1. The van der Waals surface area contributed by atoms with Crippen LogP contribution in [0, 0.1) is 5.82 Å². The number of carbonyl (C=O) groups is 1. The van der Waals surface area contributed by atoms with Gasteiger partial charge in [-0.25, -0.2) is 4.39 Å². The molecule has 1 aliphatic rings. The molecule has 2 heterocycles. The first kappa shape index (κ1) is 16.4. The van der Waals surface area contributed by atoms with Crippen molar-refractivity contribution in [2.24, 2.45) is 7.05 Å². The van der Waals surface area contributed by atoms with Gasteiger partial charge in [-0.15, -0.1) is 0 Å². The summed E-state index contributed by atoms with van der Waals surface area (Å²) >= 11 is 0. The average molecular weight is 331 g/mol. The third kappa shape index (κ3) is 3.73. The summed E-state index contributed by atoms with van der Waals surface area (Å²) in [5.41, 5.74) is 1.02. The zero-order chi connectivity index (χ0) is 17.1. The summed E-state index contributed by atoms with van der Waals surface area (Å²) in [5.74, 6) is 0.292. The van der Waals surface area contributed by atoms with Crippen molar-refractivity contribution in [2.45, 2.75) is 13.0 Å². The van der Waals surface area contributed by atoms with Gasteiger partial charge in [0.15, 0.2) is 5.82 Å². The Hall–Kier alpha value is -2.41. The molecule has 6 nitrogen and oxygen atoms in total. The number of piperazine rings is 1. The molecule has 128 valence electrons. The maximum Gasteiger partial charge on any atom is 0.242 e. The Morgan fingerprint density at radius 3 is 2.42 bits per heavy atom. The van der Waals surface area contributed by atoms with Crippen LogP contribution in [-0.4, -0.2) is 52.8 Å². The zero-order valence-corrected chi connectivity index (χ0v) is 13.9. The molecule has 1 amide bonds. The first-order valence-corrected chi connectivity index (χ1v) is 8.08. The summed E-state index contributed by atoms with van der Waals surface area (Å²) in [4.78, 5) is 16.7. The number of hydrogen-bond donors (Lipinski definition) is 1. The Kier molecular flexibility index (Phi) is 4.80. The predicted octanol–water partition coefficient (Wildman–Crippen LogP) is 1.71. The Morgan fingerprint density at radius 2 is 1.83 bits per heavy atom. The molecule has 3 rings (SSSR count). The van der Waals surface area contributed by atoms with Crippen LogP contribution >= 0.6 is 0 Å². The van der Waals surface area contributed by atoms with E-state index in [-0.39, 0.29) is 17.8 Å². The number of benzene rings is 1. The van der Waals surface area contributed by atoms with Crippen molar-refractivity contribution in [1.82, 2.24) is 14.7 Å². The lowest BCUT2D eigenvalue weighted by Gasteiger charge is -2.38. The van der Waals surface area contributed by atoms with Crippen LogP contribution in [0.15, 0.2) is 36.5 Å². The summed E-state index contributed by atoms with van der Waals surface area (Å²) in [6.07, 6.45) is 1.79. The van der Waals surface area contributed by atoms with Gasteiger partial charge in [0, 0.05) is 51.2 Å². The van der Waals surface area contributed by atoms with Gasteiger partial charge in [-0.05, 0) is 31.2 Å². The van der Waals surface area contributed by atoms with E-state index in [1.807, 2.05) is 14.0 Å². The van der Waals surface area contributed by atoms with Crippen molar-refractivity contribution >= 4 is 17.4 Å². The van der Waals surface area contributed by atoms with Crippen molar-refractivity contribution in [3.8, 4) is 0 Å². The van der Waals surface area contributed by atoms with E-state index >= 15 is 0 Å². The summed E-state index contributed by atoms with van der Waals surface area (Å²) in [6, 6.07) is 8.10. The Labute approximate surface area is 140 Å². The summed E-state index contributed by atoms with van der Waals surface area (Å²) in [5, 5.41) is 7.01. The van der Waals surface area contributed by atoms with Crippen LogP contribution in [0.3, 0.4) is 0 Å². The molecular formula is C17H22FN5O. The quantitative estimate of drug-likeness (QED) is 0.927. The number of nitrogens with zero attached hydrogens (tertiary/aromatic N) is 4. The lowest BCUT2D eigenvalue weighted by atomic mass is 10.2. The van der Waals surface area contributed by atoms with Gasteiger partial charge in [-0.3, -0.25) is 14.4 Å². The summed E-state index contributed by atoms with van der Waals surface area (Å²) in [7, 11) is 1.81. The third-order valence-corrected chi connectivity index (χ3v) is 4.40. The molecule has 0 radical (unpaired) electrons. The largest absolute Gasteiger partial charge is 0.369 e. The Bertz CT molecular complexity index is 691. The van der Waals surface area contributed by atoms with Crippen LogP contribution in [0.4, 0.5) is 15.9 Å². The molecule has 1 aromatic carbocycles. The van der Waals surface area contributed by atoms with Crippen LogP contribution in [0.2, 0.25) is 0 Å². The van der Waals surface area contributed by atoms with E-state index in [0.29, 0.717) is 5.82 Å². The molecule has 1 fully saturated rings. The SMILES string of the molecule is CC(C(=O)Nc1ccn(C)n1)N1CCN(c2ccc(F)cc2)CC1. The molecule has 24 heavy (non-hydrogen) atoms. The first-order valence-electron chi connectivity index (χ1n) is 8.08. The molecule has 1 saturated heterocycles. The van der Waals surface area contributed by atoms with E-state index in [1.165, 1.54) is 12.1 Å². The number of rotatable bonds is 4. The smallest absolute Gasteiger partial charge is 0.242 e. The maximum atomic E-state index is 13.0. The summed E-state index contributed by atoms with van der Waals surface area (Å²) < 4.78 is 14.7. The zero-order valence-electron chi connectivity index (χ0n) is 13.9. The highest BCUT2D eigenvalue weighted by Crippen LogP contribution is 2.18. The molecule has 0 saturated carbocycles. The maximum absolute atomic E-state index is 13.0. The van der Waals surface area contributed by atoms with Crippen molar-refractivity contribution in [2.75, 3.05) is 36.4 Å². The van der Waals surface area contributed by atoms with Crippen molar-refractivity contribution < 1.29 is 9.18 Å². The number of nitrogens with one attached hydrogen (secondary N) is 1. The fourth-order valence-corrected chi connectivity index (χ4v) is 2.90. The number of hydrogen-bond acceptors (Lipinski definition) is 4. The molecule has 1 N–H and O–H groups in total. The third-order valence-electron chi connectivity index (χ3n) is 4.40. The first-order chi connectivity index (χ1) is 11.5. The lowest BCUT2D eigenvalue weighted by molar-refractivity contribution is -0.120. The van der Waals surface area contributed by atoms with Crippen molar-refractivity contribution in [3.05, 3.63) is 42.3 Å². The van der Waals surface area contributed by atoms with Gasteiger partial charge in [0.1, 0.15) is 5.82 Å². The van der Waals surface area contributed by atoms with Gasteiger partial charge in [-0.1, -0.05) is 0 Å². The highest BCUT2D eigenvalue weighted by molar-refractivity contribution is 5.93. The highest BCUT2D eigenvalue weighted by atomic mass is 19.1. The number of aryl methyl sites for hydroxylation is 1. The molecule has 0 spiro atoms. The highest BCUT2D eigenvalue weighted by Gasteiger charge is 2.26. The van der Waals surface area contributed by atoms with Crippen LogP contribution in [0.25, 0.3) is 0 Å². The monoisotopic (exact) mass is 331 g/mol. The standard InChI is InChI=1S/C17H22FN5O/c1-13(17(24)19-16-7-8-21(2)20-16)22-9-11-23(12-10-22)15-5-3-14(18)4-6-15/h3-8,13H,9-12H2,1-2H3,(H,19,20,24). The van der Waals surface area contributed by atoms with Crippen LogP contribution in [0.1, 0.15) is 6.92 Å². The summed E-state index contributed by atoms with van der Waals surface area (Å²) in [6.45, 7) is 5.11. The van der Waals surface area contributed by atoms with Crippen LogP contribution in [-0.2, 0) is 11.8 Å². The molecule has 0 bridgehead atoms. The molecule has 7 heteroatoms. The molecule has 1 aliphatic heterocycles. The fourth-order valence-electron chi connectivity index (χ4n) is 2.90. The molecule has 1 unspecified atom stereocenters. The van der Waals surface area contributed by atoms with E-state index in [9.17, 15) is 9.18 Å². The molecule has 1 aromatic heterocycles. The number of anilines is 2. The Morgan fingerprint density at radius 1 is 1.17 bits per heavy atom. The van der Waals surface area contributed by atoms with E-state index in [0.717, 1.165) is 31.9 Å². The van der Waals surface area contributed by atoms with Crippen LogP contribution < -0.4 is 10.2 Å². The van der Waals surface area contributed by atoms with Gasteiger partial charge >= 0.3 is 0 Å². The minimum atomic E-state index is -0.225. The van der Waals surface area contributed by atoms with Crippen molar-refractivity contribution in [3.63, 3.8) is 0 Å². The van der Waals surface area contributed by atoms with Gasteiger partial charge in [0.05, 0.1) is 6.04 Å². The van der Waals surface area contributed by atoms with Gasteiger partial charge in [0.25, 0.3) is 0 Å². The second-order valence-corrected chi connectivity index (χ2v) is 6.04. The van der Waals surface area contributed by atoms with E-state index < -0.39 is 0 Å². The molecule has 1 atom stereocenters. The number of amides is 1. The molecular weight excluding hydrogens is 309 g/mol. The second-order valence-electron chi connectivity index (χ2n) is 6.04. The minimum absolute atomic E-state index is 0.0519. The average Bonchev–Trinajstić information content (AvgIpc) is 3.00. The Balaban J connectivity index is 1.53. The van der Waals surface area contributed by atoms with Gasteiger partial charge < -0.3 is 10.2 Å². The van der Waals surface area contributed by atoms with Crippen LogP contribution in [0.5, 0.6) is 0 Å². The molecule has 0 aliphatic carbocycles. The fraction of sp³-hybridized carbons (Fsp3) is 0.412. The van der Waals surface area contributed by atoms with E-state index in [1.54, 1.807) is 29.1 Å². The number of aromatic nitrogens is 2. The normalized spacial score (nSPS) is 16.9. The second kappa shape index (κ2) is 7.00. The topological polar surface area (TPSA) is 53.4 Å². The van der Waals surface area contributed by atoms with Crippen molar-refractivity contribution in [1.29, 1.82) is 0 Å². The van der Waals surface area contributed by atoms with Gasteiger partial charge in [0.2, 0.25) is 5.91 Å². The number of halogens is 1. The predicted molar refractivity (Wildman–Crippen MR) is 91.5 cm³/mol. The lowest BCUT2D eigenvalue weighted by Crippen LogP contribution is -2.52.